The van der Waals surface area contributed by atoms with Gasteiger partial charge in [-0.2, -0.15) is 5.10 Å². The van der Waals surface area contributed by atoms with Crippen molar-refractivity contribution in [2.75, 3.05) is 7.05 Å². The highest BCUT2D eigenvalue weighted by molar-refractivity contribution is 7.71. The number of nitrogens with zero attached hydrogens (tertiary/aromatic N) is 4. The average Bonchev–Trinajstić information content (AvgIpc) is 2.98. The SMILES string of the molecule is C=CCn1c(COc2ccc(F)cc2)nn(CN(C)Cc2ccc(F)cc2)c1=S. The highest BCUT2D eigenvalue weighted by Crippen LogP contribution is 2.14. The van der Waals surface area contributed by atoms with Crippen LogP contribution in [0, 0.1) is 16.4 Å². The van der Waals surface area contributed by atoms with Gasteiger partial charge in [-0.3, -0.25) is 9.47 Å². The second-order valence-corrected chi connectivity index (χ2v) is 6.99. The number of aromatic nitrogens is 3. The van der Waals surface area contributed by atoms with E-state index in [1.165, 1.54) is 24.3 Å². The van der Waals surface area contributed by atoms with Gasteiger partial charge < -0.3 is 4.74 Å². The monoisotopic (exact) mass is 416 g/mol. The molecule has 152 valence electrons. The Morgan fingerprint density at radius 2 is 1.72 bits per heavy atom. The molecule has 0 spiro atoms. The quantitative estimate of drug-likeness (QED) is 0.379. The maximum absolute atomic E-state index is 13.1. The van der Waals surface area contributed by atoms with Crippen LogP contribution in [0.4, 0.5) is 8.78 Å². The van der Waals surface area contributed by atoms with Gasteiger partial charge in [0.05, 0.1) is 6.67 Å². The van der Waals surface area contributed by atoms with Crippen molar-refractivity contribution in [1.82, 2.24) is 19.2 Å². The Labute approximate surface area is 173 Å². The first kappa shape index (κ1) is 20.9. The summed E-state index contributed by atoms with van der Waals surface area (Å²) in [4.78, 5) is 2.03. The Morgan fingerprint density at radius 1 is 1.10 bits per heavy atom. The van der Waals surface area contributed by atoms with Crippen molar-refractivity contribution in [2.24, 2.45) is 0 Å². The zero-order chi connectivity index (χ0) is 20.8. The van der Waals surface area contributed by atoms with Crippen LogP contribution in [0.3, 0.4) is 0 Å². The Bertz CT molecular complexity index is 1010. The smallest absolute Gasteiger partial charge is 0.199 e. The molecule has 1 heterocycles. The summed E-state index contributed by atoms with van der Waals surface area (Å²) in [5.41, 5.74) is 0.991. The molecule has 0 amide bonds. The maximum atomic E-state index is 13.1. The van der Waals surface area contributed by atoms with Crippen LogP contribution in [-0.4, -0.2) is 26.3 Å². The van der Waals surface area contributed by atoms with E-state index < -0.39 is 0 Å². The summed E-state index contributed by atoms with van der Waals surface area (Å²) in [5, 5.41) is 4.58. The van der Waals surface area contributed by atoms with E-state index in [0.29, 0.717) is 36.1 Å². The molecule has 29 heavy (non-hydrogen) atoms. The van der Waals surface area contributed by atoms with Crippen molar-refractivity contribution in [1.29, 1.82) is 0 Å². The van der Waals surface area contributed by atoms with Gasteiger partial charge in [-0.05, 0) is 61.2 Å². The van der Waals surface area contributed by atoms with Gasteiger partial charge in [-0.15, -0.1) is 6.58 Å². The summed E-state index contributed by atoms with van der Waals surface area (Å²) in [5.74, 6) is 0.618. The molecule has 3 aromatic rings. The molecule has 0 saturated carbocycles. The molecule has 0 atom stereocenters. The Kier molecular flexibility index (Phi) is 6.90. The van der Waals surface area contributed by atoms with Gasteiger partial charge in [0.2, 0.25) is 0 Å². The van der Waals surface area contributed by atoms with Crippen molar-refractivity contribution in [3.63, 3.8) is 0 Å². The molecule has 0 unspecified atom stereocenters. The van der Waals surface area contributed by atoms with Crippen LogP contribution in [0.15, 0.2) is 61.2 Å². The second-order valence-electron chi connectivity index (χ2n) is 6.62. The highest BCUT2D eigenvalue weighted by Gasteiger charge is 2.12. The zero-order valence-corrected chi connectivity index (χ0v) is 16.9. The van der Waals surface area contributed by atoms with Crippen molar-refractivity contribution in [3.8, 4) is 5.75 Å². The normalized spacial score (nSPS) is 11.0. The largest absolute Gasteiger partial charge is 0.486 e. The second kappa shape index (κ2) is 9.58. The van der Waals surface area contributed by atoms with Gasteiger partial charge in [0.1, 0.15) is 24.0 Å². The number of allylic oxidation sites excluding steroid dienone is 1. The highest BCUT2D eigenvalue weighted by atomic mass is 32.1. The van der Waals surface area contributed by atoms with Crippen LogP contribution in [0.5, 0.6) is 5.75 Å². The summed E-state index contributed by atoms with van der Waals surface area (Å²) in [6.07, 6.45) is 1.74. The van der Waals surface area contributed by atoms with Crippen LogP contribution >= 0.6 is 12.2 Å². The summed E-state index contributed by atoms with van der Waals surface area (Å²) in [6.45, 7) is 5.55. The minimum Gasteiger partial charge on any atom is -0.486 e. The molecular weight excluding hydrogens is 394 g/mol. The Hall–Kier alpha value is -2.84. The lowest BCUT2D eigenvalue weighted by atomic mass is 10.2. The van der Waals surface area contributed by atoms with E-state index in [9.17, 15) is 8.78 Å². The first-order chi connectivity index (χ1) is 14.0. The molecule has 5 nitrogen and oxygen atoms in total. The molecule has 0 saturated heterocycles. The third-order valence-electron chi connectivity index (χ3n) is 4.23. The van der Waals surface area contributed by atoms with Gasteiger partial charge in [0.25, 0.3) is 0 Å². The van der Waals surface area contributed by atoms with Crippen LogP contribution in [0.25, 0.3) is 0 Å². The number of benzene rings is 2. The molecule has 2 aromatic carbocycles. The van der Waals surface area contributed by atoms with Crippen molar-refractivity contribution in [3.05, 3.63) is 89.0 Å². The minimum atomic E-state index is -0.319. The van der Waals surface area contributed by atoms with E-state index in [2.05, 4.69) is 11.7 Å². The molecule has 0 aliphatic rings. The van der Waals surface area contributed by atoms with Crippen molar-refractivity contribution >= 4 is 12.2 Å². The molecule has 0 bridgehead atoms. The van der Waals surface area contributed by atoms with E-state index in [1.807, 2.05) is 16.5 Å². The summed E-state index contributed by atoms with van der Waals surface area (Å²) < 4.78 is 36.0. The Balaban J connectivity index is 1.72. The molecule has 3 rings (SSSR count). The van der Waals surface area contributed by atoms with Crippen LogP contribution in [-0.2, 0) is 26.4 Å². The zero-order valence-electron chi connectivity index (χ0n) is 16.1. The Morgan fingerprint density at radius 3 is 2.34 bits per heavy atom. The summed E-state index contributed by atoms with van der Waals surface area (Å²) >= 11 is 5.56. The third-order valence-corrected chi connectivity index (χ3v) is 4.66. The predicted octanol–water partition coefficient (Wildman–Crippen LogP) is 4.55. The van der Waals surface area contributed by atoms with E-state index in [1.54, 1.807) is 35.0 Å². The van der Waals surface area contributed by atoms with Crippen LogP contribution in [0.1, 0.15) is 11.4 Å². The molecule has 0 radical (unpaired) electrons. The van der Waals surface area contributed by atoms with E-state index in [0.717, 1.165) is 5.56 Å². The number of rotatable bonds is 9. The van der Waals surface area contributed by atoms with E-state index in [-0.39, 0.29) is 18.2 Å². The van der Waals surface area contributed by atoms with Crippen LogP contribution < -0.4 is 4.74 Å². The number of hydrogen-bond donors (Lipinski definition) is 0. The van der Waals surface area contributed by atoms with E-state index >= 15 is 0 Å². The fourth-order valence-corrected chi connectivity index (χ4v) is 3.13. The molecule has 0 N–H and O–H groups in total. The van der Waals surface area contributed by atoms with Gasteiger partial charge in [-0.25, -0.2) is 13.5 Å². The van der Waals surface area contributed by atoms with Gasteiger partial charge in [0, 0.05) is 13.1 Å². The number of hydrogen-bond acceptors (Lipinski definition) is 4. The number of ether oxygens (including phenoxy) is 1. The van der Waals surface area contributed by atoms with Gasteiger partial charge >= 0.3 is 0 Å². The fraction of sp³-hybridized carbons (Fsp3) is 0.238. The third kappa shape index (κ3) is 5.58. The van der Waals surface area contributed by atoms with Crippen molar-refractivity contribution in [2.45, 2.75) is 26.4 Å². The molecule has 1 aromatic heterocycles. The summed E-state index contributed by atoms with van der Waals surface area (Å²) in [7, 11) is 1.94. The lowest BCUT2D eigenvalue weighted by molar-refractivity contribution is 0.240. The van der Waals surface area contributed by atoms with Gasteiger partial charge in [0.15, 0.2) is 10.6 Å². The standard InChI is InChI=1S/C21H22F2N4OS/c1-3-12-26-20(14-28-19-10-8-18(23)9-11-19)24-27(21(26)29)15-25(2)13-16-4-6-17(22)7-5-16/h3-11H,1,12-15H2,2H3. The lowest BCUT2D eigenvalue weighted by Crippen LogP contribution is -2.22. The number of halogens is 2. The predicted molar refractivity (Wildman–Crippen MR) is 110 cm³/mol. The van der Waals surface area contributed by atoms with Crippen LogP contribution in [0.2, 0.25) is 0 Å². The fourth-order valence-electron chi connectivity index (χ4n) is 2.86. The molecular formula is C21H22F2N4OS. The molecule has 0 aliphatic carbocycles. The molecule has 0 aliphatic heterocycles. The lowest BCUT2D eigenvalue weighted by Gasteiger charge is -2.16. The summed E-state index contributed by atoms with van der Waals surface area (Å²) in [6, 6.07) is 12.2. The average molecular weight is 416 g/mol. The van der Waals surface area contributed by atoms with Crippen molar-refractivity contribution < 1.29 is 13.5 Å². The molecule has 0 fully saturated rings. The minimum absolute atomic E-state index is 0.192. The van der Waals surface area contributed by atoms with Gasteiger partial charge in [-0.1, -0.05) is 18.2 Å². The maximum Gasteiger partial charge on any atom is 0.199 e. The first-order valence-corrected chi connectivity index (χ1v) is 9.46. The topological polar surface area (TPSA) is 35.2 Å². The molecule has 8 heteroatoms. The van der Waals surface area contributed by atoms with E-state index in [4.69, 9.17) is 17.0 Å². The first-order valence-electron chi connectivity index (χ1n) is 9.05.